The average Bonchev–Trinajstić information content (AvgIpc) is 3.45. The van der Waals surface area contributed by atoms with E-state index < -0.39 is 10.0 Å². The molecular weight excluding hydrogens is 470 g/mol. The van der Waals surface area contributed by atoms with E-state index in [0.717, 1.165) is 21.6 Å². The predicted octanol–water partition coefficient (Wildman–Crippen LogP) is 3.78. The lowest BCUT2D eigenvalue weighted by Crippen LogP contribution is -2.41. The minimum absolute atomic E-state index is 0.148. The number of amides is 1. The number of carbonyl (C=O) groups excluding carboxylic acids is 1. The van der Waals surface area contributed by atoms with Crippen LogP contribution in [0.2, 0.25) is 4.34 Å². The molecule has 3 aromatic rings. The average molecular weight is 486 g/mol. The number of thiophene rings is 1. The number of piperidine rings is 1. The van der Waals surface area contributed by atoms with Gasteiger partial charge in [0.15, 0.2) is 16.6 Å². The van der Waals surface area contributed by atoms with Crippen LogP contribution in [0.15, 0.2) is 28.5 Å². The maximum atomic E-state index is 12.7. The molecule has 2 aromatic heterocycles. The van der Waals surface area contributed by atoms with Crippen LogP contribution in [-0.4, -0.2) is 43.5 Å². The van der Waals surface area contributed by atoms with Crippen LogP contribution in [0.4, 0.5) is 5.13 Å². The Hall–Kier alpha value is -1.92. The van der Waals surface area contributed by atoms with Crippen LogP contribution in [0.3, 0.4) is 0 Å². The van der Waals surface area contributed by atoms with Crippen molar-refractivity contribution in [3.05, 3.63) is 28.6 Å². The van der Waals surface area contributed by atoms with E-state index in [1.54, 1.807) is 12.1 Å². The fourth-order valence-corrected chi connectivity index (χ4v) is 7.49. The van der Waals surface area contributed by atoms with Crippen molar-refractivity contribution < 1.29 is 22.7 Å². The van der Waals surface area contributed by atoms with Gasteiger partial charge in [0.25, 0.3) is 10.0 Å². The van der Waals surface area contributed by atoms with Gasteiger partial charge >= 0.3 is 0 Å². The van der Waals surface area contributed by atoms with Gasteiger partial charge in [0, 0.05) is 31.1 Å². The van der Waals surface area contributed by atoms with E-state index in [4.69, 9.17) is 21.1 Å². The topological polar surface area (TPSA) is 97.8 Å². The quantitative estimate of drug-likeness (QED) is 0.604. The van der Waals surface area contributed by atoms with Gasteiger partial charge in [-0.15, -0.1) is 11.3 Å². The summed E-state index contributed by atoms with van der Waals surface area (Å²) >= 11 is 8.27. The minimum Gasteiger partial charge on any atom is -0.454 e. The summed E-state index contributed by atoms with van der Waals surface area (Å²) in [4.78, 5) is 17.2. The van der Waals surface area contributed by atoms with E-state index in [1.165, 1.54) is 21.7 Å². The second-order valence-corrected chi connectivity index (χ2v) is 11.8. The Morgan fingerprint density at radius 1 is 1.17 bits per heavy atom. The third-order valence-electron chi connectivity index (χ3n) is 5.08. The van der Waals surface area contributed by atoms with Crippen LogP contribution in [0, 0.1) is 5.92 Å². The number of rotatable bonds is 4. The van der Waals surface area contributed by atoms with E-state index in [9.17, 15) is 13.2 Å². The first-order chi connectivity index (χ1) is 14.4. The molecule has 1 aromatic carbocycles. The molecular formula is C18H16ClN3O5S3. The number of thiazole rings is 1. The lowest BCUT2D eigenvalue weighted by atomic mass is 9.97. The molecule has 8 nitrogen and oxygen atoms in total. The lowest BCUT2D eigenvalue weighted by molar-refractivity contribution is -0.120. The second-order valence-electron chi connectivity index (χ2n) is 6.92. The Bertz CT molecular complexity index is 1190. The highest BCUT2D eigenvalue weighted by Gasteiger charge is 2.33. The van der Waals surface area contributed by atoms with Gasteiger partial charge in [-0.3, -0.25) is 4.79 Å². The maximum absolute atomic E-state index is 12.7. The number of hydrogen-bond acceptors (Lipinski definition) is 8. The fraction of sp³-hybridized carbons (Fsp3) is 0.333. The van der Waals surface area contributed by atoms with Crippen LogP contribution in [0.5, 0.6) is 11.5 Å². The van der Waals surface area contributed by atoms with E-state index in [-0.39, 0.29) is 35.9 Å². The molecule has 0 atom stereocenters. The molecule has 2 aliphatic rings. The van der Waals surface area contributed by atoms with Gasteiger partial charge in [0.1, 0.15) is 4.21 Å². The molecule has 1 fully saturated rings. The van der Waals surface area contributed by atoms with Crippen LogP contribution in [0.1, 0.15) is 12.8 Å². The fourth-order valence-electron chi connectivity index (χ4n) is 3.50. The summed E-state index contributed by atoms with van der Waals surface area (Å²) in [6.07, 6.45) is 0.899. The lowest BCUT2D eigenvalue weighted by Gasteiger charge is -2.29. The smallest absolute Gasteiger partial charge is 0.252 e. The number of nitrogens with one attached hydrogen (secondary N) is 1. The van der Waals surface area contributed by atoms with Gasteiger partial charge < -0.3 is 14.8 Å². The summed E-state index contributed by atoms with van der Waals surface area (Å²) < 4.78 is 39.1. The summed E-state index contributed by atoms with van der Waals surface area (Å²) in [7, 11) is -3.57. The van der Waals surface area contributed by atoms with Crippen molar-refractivity contribution in [2.75, 3.05) is 25.2 Å². The van der Waals surface area contributed by atoms with Gasteiger partial charge in [-0.05, 0) is 25.0 Å². The standard InChI is InChI=1S/C18H16ClN3O5S3/c19-15-1-2-16(29-15)30(24,25)22-5-3-10(4-6-22)17(23)21-18-20-11-7-12-13(27-9-26-12)8-14(11)28-18/h1-2,7-8,10H,3-6,9H2,(H,20,21,23). The zero-order chi connectivity index (χ0) is 20.9. The van der Waals surface area contributed by atoms with Crippen molar-refractivity contribution in [3.8, 4) is 11.5 Å². The maximum Gasteiger partial charge on any atom is 0.252 e. The Labute approximate surface area is 185 Å². The van der Waals surface area contributed by atoms with E-state index in [0.29, 0.717) is 33.8 Å². The Kier molecular flexibility index (Phi) is 5.10. The summed E-state index contributed by atoms with van der Waals surface area (Å²) in [6, 6.07) is 6.74. The number of aromatic nitrogens is 1. The Balaban J connectivity index is 1.23. The molecule has 4 heterocycles. The zero-order valence-electron chi connectivity index (χ0n) is 15.5. The summed E-state index contributed by atoms with van der Waals surface area (Å²) in [5.41, 5.74) is 0.732. The third-order valence-corrected chi connectivity index (χ3v) is 9.61. The summed E-state index contributed by atoms with van der Waals surface area (Å²) in [5.74, 6) is 0.897. The number of fused-ring (bicyclic) bond motifs is 2. The zero-order valence-corrected chi connectivity index (χ0v) is 18.7. The number of nitrogens with zero attached hydrogens (tertiary/aromatic N) is 2. The predicted molar refractivity (Wildman–Crippen MR) is 115 cm³/mol. The van der Waals surface area contributed by atoms with Crippen molar-refractivity contribution in [3.63, 3.8) is 0 Å². The molecule has 158 valence electrons. The van der Waals surface area contributed by atoms with Crippen molar-refractivity contribution in [2.24, 2.45) is 5.92 Å². The van der Waals surface area contributed by atoms with Crippen molar-refractivity contribution >= 4 is 65.6 Å². The van der Waals surface area contributed by atoms with Gasteiger partial charge in [-0.25, -0.2) is 13.4 Å². The van der Waals surface area contributed by atoms with E-state index in [2.05, 4.69) is 10.3 Å². The third kappa shape index (κ3) is 3.65. The van der Waals surface area contributed by atoms with Crippen molar-refractivity contribution in [1.82, 2.24) is 9.29 Å². The minimum atomic E-state index is -3.57. The monoisotopic (exact) mass is 485 g/mol. The number of carbonyl (C=O) groups is 1. The van der Waals surface area contributed by atoms with Gasteiger partial charge in [-0.1, -0.05) is 22.9 Å². The molecule has 0 spiro atoms. The van der Waals surface area contributed by atoms with Gasteiger partial charge in [-0.2, -0.15) is 4.31 Å². The van der Waals surface area contributed by atoms with Crippen molar-refractivity contribution in [2.45, 2.75) is 17.1 Å². The number of benzene rings is 1. The molecule has 0 radical (unpaired) electrons. The first-order valence-corrected chi connectivity index (χ1v) is 12.6. The summed E-state index contributed by atoms with van der Waals surface area (Å²) in [6.45, 7) is 0.776. The Morgan fingerprint density at radius 2 is 1.90 bits per heavy atom. The molecule has 1 amide bonds. The molecule has 2 aliphatic heterocycles. The van der Waals surface area contributed by atoms with E-state index in [1.807, 2.05) is 6.07 Å². The highest BCUT2D eigenvalue weighted by Crippen LogP contribution is 2.39. The number of halogens is 1. The largest absolute Gasteiger partial charge is 0.454 e. The molecule has 5 rings (SSSR count). The molecule has 12 heteroatoms. The molecule has 30 heavy (non-hydrogen) atoms. The van der Waals surface area contributed by atoms with Crippen molar-refractivity contribution in [1.29, 1.82) is 0 Å². The van der Waals surface area contributed by atoms with Gasteiger partial charge in [0.2, 0.25) is 12.7 Å². The molecule has 1 saturated heterocycles. The SMILES string of the molecule is O=C(Nc1nc2cc3c(cc2s1)OCO3)C1CCN(S(=O)(=O)c2ccc(Cl)s2)CC1. The molecule has 1 N–H and O–H groups in total. The van der Waals surface area contributed by atoms with Crippen LogP contribution in [0.25, 0.3) is 10.2 Å². The Morgan fingerprint density at radius 3 is 2.60 bits per heavy atom. The van der Waals surface area contributed by atoms with Crippen LogP contribution in [-0.2, 0) is 14.8 Å². The number of anilines is 1. The van der Waals surface area contributed by atoms with Crippen LogP contribution < -0.4 is 14.8 Å². The van der Waals surface area contributed by atoms with E-state index >= 15 is 0 Å². The number of ether oxygens (including phenoxy) is 2. The molecule has 0 aliphatic carbocycles. The van der Waals surface area contributed by atoms with Crippen LogP contribution >= 0.6 is 34.3 Å². The normalized spacial score (nSPS) is 17.5. The summed E-state index contributed by atoms with van der Waals surface area (Å²) in [5, 5.41) is 3.37. The highest BCUT2D eigenvalue weighted by molar-refractivity contribution is 7.91. The molecule has 0 unspecified atom stereocenters. The van der Waals surface area contributed by atoms with Gasteiger partial charge in [0.05, 0.1) is 14.6 Å². The highest BCUT2D eigenvalue weighted by atomic mass is 35.5. The first-order valence-electron chi connectivity index (χ1n) is 9.17. The first kappa shape index (κ1) is 20.0. The molecule has 0 saturated carbocycles. The number of sulfonamides is 1. The molecule has 0 bridgehead atoms. The number of hydrogen-bond donors (Lipinski definition) is 1. The second kappa shape index (κ2) is 7.65.